The number of carbonyl (C=O) groups is 1. The molecule has 1 aromatic carbocycles. The molecule has 1 amide bonds. The van der Waals surface area contributed by atoms with Crippen LogP contribution in [0.2, 0.25) is 0 Å². The Morgan fingerprint density at radius 3 is 2.67 bits per heavy atom. The van der Waals surface area contributed by atoms with Gasteiger partial charge in [-0.25, -0.2) is 0 Å². The number of hydrogen-bond acceptors (Lipinski definition) is 2. The molecule has 1 aliphatic carbocycles. The highest BCUT2D eigenvalue weighted by atomic mass is 19.4. The van der Waals surface area contributed by atoms with Gasteiger partial charge in [-0.3, -0.25) is 9.48 Å². The smallest absolute Gasteiger partial charge is 0.366 e. The van der Waals surface area contributed by atoms with E-state index < -0.39 is 17.8 Å². The molecule has 7 heteroatoms. The van der Waals surface area contributed by atoms with Gasteiger partial charge in [0, 0.05) is 16.8 Å². The van der Waals surface area contributed by atoms with Crippen molar-refractivity contribution in [3.05, 3.63) is 51.8 Å². The zero-order valence-electron chi connectivity index (χ0n) is 13.3. The zero-order chi connectivity index (χ0) is 17.5. The lowest BCUT2D eigenvalue weighted by Gasteiger charge is -2.16. The molecular weight excluding hydrogens is 319 g/mol. The maximum absolute atomic E-state index is 13.3. The lowest BCUT2D eigenvalue weighted by Crippen LogP contribution is -2.18. The van der Waals surface area contributed by atoms with Crippen molar-refractivity contribution in [2.75, 3.05) is 0 Å². The molecule has 0 fully saturated rings. The van der Waals surface area contributed by atoms with Gasteiger partial charge in [0.1, 0.15) is 0 Å². The number of halogens is 3. The Kier molecular flexibility index (Phi) is 4.11. The number of amides is 1. The molecule has 1 aliphatic rings. The van der Waals surface area contributed by atoms with Crippen LogP contribution in [0.3, 0.4) is 0 Å². The van der Waals surface area contributed by atoms with Crippen molar-refractivity contribution in [3.8, 4) is 0 Å². The topological polar surface area (TPSA) is 60.9 Å². The molecule has 2 N–H and O–H groups in total. The second-order valence-corrected chi connectivity index (χ2v) is 6.10. The number of fused-ring (bicyclic) bond motifs is 1. The van der Waals surface area contributed by atoms with Crippen LogP contribution in [0.25, 0.3) is 0 Å². The van der Waals surface area contributed by atoms with E-state index in [-0.39, 0.29) is 6.54 Å². The number of primary amides is 1. The van der Waals surface area contributed by atoms with Crippen LogP contribution < -0.4 is 5.73 Å². The molecule has 0 bridgehead atoms. The number of nitrogens with two attached hydrogens (primary N) is 1. The molecule has 0 aliphatic heterocycles. The number of aryl methyl sites for hydroxylation is 1. The Balaban J connectivity index is 2.09. The van der Waals surface area contributed by atoms with Crippen LogP contribution in [0.5, 0.6) is 0 Å². The SMILES string of the molecule is Cc1cccc(C(N)=O)c1Cn1nc(C(F)(F)F)c2c1CCCC2. The first-order chi connectivity index (χ1) is 11.3. The lowest BCUT2D eigenvalue weighted by atomic mass is 9.95. The van der Waals surface area contributed by atoms with E-state index in [9.17, 15) is 18.0 Å². The van der Waals surface area contributed by atoms with Gasteiger partial charge in [0.25, 0.3) is 0 Å². The molecule has 0 saturated carbocycles. The standard InChI is InChI=1S/C17H18F3N3O/c1-10-5-4-7-11(16(21)24)13(10)9-23-14-8-3-2-6-12(14)15(22-23)17(18,19)20/h4-5,7H,2-3,6,8-9H2,1H3,(H2,21,24). The van der Waals surface area contributed by atoms with Gasteiger partial charge in [0.15, 0.2) is 5.69 Å². The Morgan fingerprint density at radius 2 is 2.00 bits per heavy atom. The molecule has 3 rings (SSSR count). The van der Waals surface area contributed by atoms with Crippen molar-refractivity contribution < 1.29 is 18.0 Å². The van der Waals surface area contributed by atoms with E-state index in [1.54, 1.807) is 12.1 Å². The van der Waals surface area contributed by atoms with Crippen LogP contribution in [0.15, 0.2) is 18.2 Å². The van der Waals surface area contributed by atoms with Crippen LogP contribution in [0.1, 0.15) is 51.3 Å². The number of alkyl halides is 3. The van der Waals surface area contributed by atoms with E-state index in [1.165, 1.54) is 4.68 Å². The first-order valence-corrected chi connectivity index (χ1v) is 7.83. The largest absolute Gasteiger partial charge is 0.435 e. The average molecular weight is 337 g/mol. The summed E-state index contributed by atoms with van der Waals surface area (Å²) in [5.74, 6) is -0.592. The van der Waals surface area contributed by atoms with Crippen LogP contribution in [-0.4, -0.2) is 15.7 Å². The third-order valence-corrected chi connectivity index (χ3v) is 4.51. The number of carbonyl (C=O) groups excluding carboxylic acids is 1. The quantitative estimate of drug-likeness (QED) is 0.935. The number of hydrogen-bond donors (Lipinski definition) is 1. The molecule has 2 aromatic rings. The van der Waals surface area contributed by atoms with Crippen LogP contribution in [0.4, 0.5) is 13.2 Å². The fraction of sp³-hybridized carbons (Fsp3) is 0.412. The highest BCUT2D eigenvalue weighted by molar-refractivity contribution is 5.94. The second-order valence-electron chi connectivity index (χ2n) is 6.10. The average Bonchev–Trinajstić information content (AvgIpc) is 2.88. The minimum Gasteiger partial charge on any atom is -0.366 e. The van der Waals surface area contributed by atoms with E-state index in [4.69, 9.17) is 5.73 Å². The van der Waals surface area contributed by atoms with Gasteiger partial charge in [0.05, 0.1) is 6.54 Å². The van der Waals surface area contributed by atoms with Crippen LogP contribution in [0, 0.1) is 6.92 Å². The molecule has 24 heavy (non-hydrogen) atoms. The summed E-state index contributed by atoms with van der Waals surface area (Å²) in [6.45, 7) is 1.92. The Labute approximate surface area is 137 Å². The van der Waals surface area contributed by atoms with E-state index in [1.807, 2.05) is 13.0 Å². The molecule has 0 saturated heterocycles. The van der Waals surface area contributed by atoms with Crippen molar-refractivity contribution in [2.24, 2.45) is 5.73 Å². The highest BCUT2D eigenvalue weighted by Gasteiger charge is 2.39. The van der Waals surface area contributed by atoms with E-state index in [2.05, 4.69) is 5.10 Å². The van der Waals surface area contributed by atoms with E-state index >= 15 is 0 Å². The molecule has 0 atom stereocenters. The highest BCUT2D eigenvalue weighted by Crippen LogP contribution is 2.36. The minimum atomic E-state index is -4.47. The van der Waals surface area contributed by atoms with Crippen molar-refractivity contribution in [1.82, 2.24) is 9.78 Å². The van der Waals surface area contributed by atoms with Crippen molar-refractivity contribution in [1.29, 1.82) is 0 Å². The van der Waals surface area contributed by atoms with E-state index in [0.717, 1.165) is 18.4 Å². The number of nitrogens with zero attached hydrogens (tertiary/aromatic N) is 2. The zero-order valence-corrected chi connectivity index (χ0v) is 13.3. The van der Waals surface area contributed by atoms with Gasteiger partial charge >= 0.3 is 6.18 Å². The van der Waals surface area contributed by atoms with Crippen LogP contribution in [-0.2, 0) is 25.6 Å². The first kappa shape index (κ1) is 16.5. The summed E-state index contributed by atoms with van der Waals surface area (Å²) in [6, 6.07) is 5.10. The number of aromatic nitrogens is 2. The fourth-order valence-electron chi connectivity index (χ4n) is 3.32. The molecule has 4 nitrogen and oxygen atoms in total. The fourth-order valence-corrected chi connectivity index (χ4v) is 3.32. The summed E-state index contributed by atoms with van der Waals surface area (Å²) in [7, 11) is 0. The van der Waals surface area contributed by atoms with Gasteiger partial charge in [-0.15, -0.1) is 0 Å². The van der Waals surface area contributed by atoms with Crippen molar-refractivity contribution in [3.63, 3.8) is 0 Å². The third-order valence-electron chi connectivity index (χ3n) is 4.51. The van der Waals surface area contributed by atoms with Crippen LogP contribution >= 0.6 is 0 Å². The maximum atomic E-state index is 13.3. The molecule has 0 unspecified atom stereocenters. The Morgan fingerprint density at radius 1 is 1.29 bits per heavy atom. The molecule has 1 aromatic heterocycles. The number of rotatable bonds is 3. The van der Waals surface area contributed by atoms with Gasteiger partial charge < -0.3 is 5.73 Å². The predicted octanol–water partition coefficient (Wildman–Crippen LogP) is 3.24. The lowest BCUT2D eigenvalue weighted by molar-refractivity contribution is -0.142. The molecule has 0 spiro atoms. The molecular formula is C17H18F3N3O. The minimum absolute atomic E-state index is 0.114. The molecule has 128 valence electrons. The van der Waals surface area contributed by atoms with Gasteiger partial charge in [-0.1, -0.05) is 12.1 Å². The third kappa shape index (κ3) is 2.90. The molecule has 1 heterocycles. The summed E-state index contributed by atoms with van der Waals surface area (Å²) in [6.07, 6.45) is -1.94. The van der Waals surface area contributed by atoms with Gasteiger partial charge in [-0.05, 0) is 49.8 Å². The summed E-state index contributed by atoms with van der Waals surface area (Å²) in [5.41, 5.74) is 7.26. The molecule has 0 radical (unpaired) electrons. The predicted molar refractivity (Wildman–Crippen MR) is 82.7 cm³/mol. The summed E-state index contributed by atoms with van der Waals surface area (Å²) in [4.78, 5) is 11.6. The monoisotopic (exact) mass is 337 g/mol. The number of benzene rings is 1. The van der Waals surface area contributed by atoms with Gasteiger partial charge in [0.2, 0.25) is 5.91 Å². The maximum Gasteiger partial charge on any atom is 0.435 e. The van der Waals surface area contributed by atoms with Crippen molar-refractivity contribution in [2.45, 2.75) is 45.3 Å². The Bertz CT molecular complexity index is 793. The first-order valence-electron chi connectivity index (χ1n) is 7.83. The summed E-state index contributed by atoms with van der Waals surface area (Å²) in [5, 5.41) is 3.84. The van der Waals surface area contributed by atoms with Gasteiger partial charge in [-0.2, -0.15) is 18.3 Å². The normalized spacial score (nSPS) is 14.5. The van der Waals surface area contributed by atoms with E-state index in [0.29, 0.717) is 35.2 Å². The second kappa shape index (κ2) is 5.96. The van der Waals surface area contributed by atoms with Crippen molar-refractivity contribution >= 4 is 5.91 Å². The summed E-state index contributed by atoms with van der Waals surface area (Å²) >= 11 is 0. The summed E-state index contributed by atoms with van der Waals surface area (Å²) < 4.78 is 41.2. The Hall–Kier alpha value is -2.31.